The molecule has 0 aliphatic carbocycles. The fraction of sp³-hybridized carbons (Fsp3) is 0.571. The van der Waals surface area contributed by atoms with E-state index in [1.165, 1.54) is 4.90 Å². The summed E-state index contributed by atoms with van der Waals surface area (Å²) in [4.78, 5) is 40.9. The van der Waals surface area contributed by atoms with Gasteiger partial charge in [-0.15, -0.1) is 0 Å². The van der Waals surface area contributed by atoms with Crippen molar-refractivity contribution in [1.82, 2.24) is 10.2 Å². The largest absolute Gasteiger partial charge is 0.480 e. The Morgan fingerprint density at radius 1 is 1.17 bits per heavy atom. The first kappa shape index (κ1) is 21.1. The quantitative estimate of drug-likeness (QED) is 0.744. The standard InChI is InChI=1S/C21H29N3O5/c1-14(2)18(20(26)24-8-4-7-17(24)21(27)28)22-19(25)15-5-3-6-16(13-15)23-9-11-29-12-10-23/h3,5-6,13-14,17-18H,4,7-12H2,1-2H3,(H,22,25)(H,27,28). The molecule has 1 aromatic rings. The molecule has 1 aromatic carbocycles. The molecule has 8 heteroatoms. The number of aliphatic carboxylic acids is 1. The van der Waals surface area contributed by atoms with Gasteiger partial charge in [-0.1, -0.05) is 19.9 Å². The van der Waals surface area contributed by atoms with Crippen molar-refractivity contribution in [2.45, 2.75) is 38.8 Å². The van der Waals surface area contributed by atoms with Crippen molar-refractivity contribution in [3.63, 3.8) is 0 Å². The minimum Gasteiger partial charge on any atom is -0.480 e. The highest BCUT2D eigenvalue weighted by atomic mass is 16.5. The maximum absolute atomic E-state index is 13.0. The van der Waals surface area contributed by atoms with Crippen LogP contribution in [0, 0.1) is 5.92 Å². The fourth-order valence-electron chi connectivity index (χ4n) is 3.87. The number of morpholine rings is 1. The maximum Gasteiger partial charge on any atom is 0.326 e. The number of benzene rings is 1. The first-order valence-electron chi connectivity index (χ1n) is 10.2. The molecular weight excluding hydrogens is 374 g/mol. The predicted molar refractivity (Wildman–Crippen MR) is 108 cm³/mol. The molecule has 2 unspecified atom stereocenters. The van der Waals surface area contributed by atoms with Gasteiger partial charge < -0.3 is 25.0 Å². The molecule has 3 rings (SSSR count). The van der Waals surface area contributed by atoms with E-state index in [4.69, 9.17) is 4.74 Å². The van der Waals surface area contributed by atoms with Crippen LogP contribution in [0.3, 0.4) is 0 Å². The number of carboxylic acid groups (broad SMARTS) is 1. The summed E-state index contributed by atoms with van der Waals surface area (Å²) >= 11 is 0. The number of likely N-dealkylation sites (tertiary alicyclic amines) is 1. The molecule has 2 aliphatic rings. The van der Waals surface area contributed by atoms with Gasteiger partial charge >= 0.3 is 5.97 Å². The van der Waals surface area contributed by atoms with Crippen molar-refractivity contribution in [2.75, 3.05) is 37.7 Å². The highest BCUT2D eigenvalue weighted by Crippen LogP contribution is 2.21. The molecule has 2 heterocycles. The number of nitrogens with one attached hydrogen (secondary N) is 1. The zero-order valence-electron chi connectivity index (χ0n) is 17.0. The molecule has 0 radical (unpaired) electrons. The van der Waals surface area contributed by atoms with E-state index in [-0.39, 0.29) is 17.7 Å². The lowest BCUT2D eigenvalue weighted by atomic mass is 10.0. The Bertz CT molecular complexity index is 760. The lowest BCUT2D eigenvalue weighted by molar-refractivity contribution is -0.149. The molecule has 29 heavy (non-hydrogen) atoms. The smallest absolute Gasteiger partial charge is 0.326 e. The summed E-state index contributed by atoms with van der Waals surface area (Å²) in [5, 5.41) is 12.2. The Morgan fingerprint density at radius 2 is 1.90 bits per heavy atom. The van der Waals surface area contributed by atoms with E-state index in [0.717, 1.165) is 18.8 Å². The van der Waals surface area contributed by atoms with Crippen molar-refractivity contribution in [2.24, 2.45) is 5.92 Å². The van der Waals surface area contributed by atoms with Crippen LogP contribution in [0.4, 0.5) is 5.69 Å². The van der Waals surface area contributed by atoms with Crippen LogP contribution in [0.1, 0.15) is 37.0 Å². The Balaban J connectivity index is 1.73. The molecule has 2 amide bonds. The van der Waals surface area contributed by atoms with E-state index in [0.29, 0.717) is 38.2 Å². The number of hydrogen-bond acceptors (Lipinski definition) is 5. The zero-order valence-corrected chi connectivity index (χ0v) is 17.0. The maximum atomic E-state index is 13.0. The molecule has 2 saturated heterocycles. The third-order valence-electron chi connectivity index (χ3n) is 5.52. The van der Waals surface area contributed by atoms with Crippen molar-refractivity contribution >= 4 is 23.5 Å². The third kappa shape index (κ3) is 4.87. The number of nitrogens with zero attached hydrogens (tertiary/aromatic N) is 2. The molecule has 2 aliphatic heterocycles. The SMILES string of the molecule is CC(C)C(NC(=O)c1cccc(N2CCOCC2)c1)C(=O)N1CCCC1C(=O)O. The minimum absolute atomic E-state index is 0.163. The highest BCUT2D eigenvalue weighted by Gasteiger charge is 2.38. The van der Waals surface area contributed by atoms with Gasteiger partial charge in [0.25, 0.3) is 5.91 Å². The van der Waals surface area contributed by atoms with Crippen LogP contribution in [-0.4, -0.2) is 72.7 Å². The number of hydrogen-bond donors (Lipinski definition) is 2. The average Bonchev–Trinajstić information content (AvgIpc) is 3.22. The van der Waals surface area contributed by atoms with Crippen molar-refractivity contribution in [3.05, 3.63) is 29.8 Å². The molecule has 8 nitrogen and oxygen atoms in total. The van der Waals surface area contributed by atoms with Gasteiger partial charge in [0.15, 0.2) is 0 Å². The summed E-state index contributed by atoms with van der Waals surface area (Å²) in [6.45, 7) is 6.94. The molecule has 158 valence electrons. The van der Waals surface area contributed by atoms with Crippen molar-refractivity contribution in [1.29, 1.82) is 0 Å². The van der Waals surface area contributed by atoms with E-state index in [2.05, 4.69) is 10.2 Å². The van der Waals surface area contributed by atoms with Crippen LogP contribution >= 0.6 is 0 Å². The summed E-state index contributed by atoms with van der Waals surface area (Å²) in [7, 11) is 0. The summed E-state index contributed by atoms with van der Waals surface area (Å²) < 4.78 is 5.37. The number of ether oxygens (including phenoxy) is 1. The summed E-state index contributed by atoms with van der Waals surface area (Å²) in [5.74, 6) is -1.83. The Hall–Kier alpha value is -2.61. The molecule has 2 fully saturated rings. The molecular formula is C21H29N3O5. The van der Waals surface area contributed by atoms with Crippen LogP contribution in [-0.2, 0) is 14.3 Å². The normalized spacial score (nSPS) is 20.6. The monoisotopic (exact) mass is 403 g/mol. The van der Waals surface area contributed by atoms with E-state index in [1.54, 1.807) is 6.07 Å². The van der Waals surface area contributed by atoms with Gasteiger partial charge in [0.05, 0.1) is 13.2 Å². The van der Waals surface area contributed by atoms with Crippen LogP contribution in [0.25, 0.3) is 0 Å². The van der Waals surface area contributed by atoms with Gasteiger partial charge in [-0.2, -0.15) is 0 Å². The number of rotatable bonds is 6. The van der Waals surface area contributed by atoms with E-state index in [1.807, 2.05) is 32.0 Å². The van der Waals surface area contributed by atoms with Gasteiger partial charge in [-0.25, -0.2) is 4.79 Å². The summed E-state index contributed by atoms with van der Waals surface area (Å²) in [6.07, 6.45) is 1.10. The Labute approximate surface area is 170 Å². The van der Waals surface area contributed by atoms with Gasteiger partial charge in [0, 0.05) is 30.9 Å². The summed E-state index contributed by atoms with van der Waals surface area (Å²) in [6, 6.07) is 5.73. The summed E-state index contributed by atoms with van der Waals surface area (Å²) in [5.41, 5.74) is 1.42. The number of anilines is 1. The Morgan fingerprint density at radius 3 is 2.55 bits per heavy atom. The number of amides is 2. The number of carbonyl (C=O) groups is 3. The highest BCUT2D eigenvalue weighted by molar-refractivity contribution is 5.99. The fourth-order valence-corrected chi connectivity index (χ4v) is 3.87. The van der Waals surface area contributed by atoms with Crippen LogP contribution < -0.4 is 10.2 Å². The van der Waals surface area contributed by atoms with Crippen molar-refractivity contribution in [3.8, 4) is 0 Å². The van der Waals surface area contributed by atoms with Crippen LogP contribution in [0.15, 0.2) is 24.3 Å². The predicted octanol–water partition coefficient (Wildman–Crippen LogP) is 1.35. The molecule has 0 aromatic heterocycles. The van der Waals surface area contributed by atoms with Gasteiger partial charge in [-0.05, 0) is 37.0 Å². The first-order chi connectivity index (χ1) is 13.9. The van der Waals surface area contributed by atoms with Crippen LogP contribution in [0.2, 0.25) is 0 Å². The zero-order chi connectivity index (χ0) is 21.0. The molecule has 2 atom stereocenters. The van der Waals surface area contributed by atoms with Crippen molar-refractivity contribution < 1.29 is 24.2 Å². The molecule has 2 N–H and O–H groups in total. The molecule has 0 spiro atoms. The van der Waals surface area contributed by atoms with Gasteiger partial charge in [0.1, 0.15) is 12.1 Å². The second kappa shape index (κ2) is 9.26. The van der Waals surface area contributed by atoms with E-state index in [9.17, 15) is 19.5 Å². The lowest BCUT2D eigenvalue weighted by Gasteiger charge is -2.30. The third-order valence-corrected chi connectivity index (χ3v) is 5.52. The second-order valence-corrected chi connectivity index (χ2v) is 7.87. The minimum atomic E-state index is -0.997. The van der Waals surface area contributed by atoms with Crippen LogP contribution in [0.5, 0.6) is 0 Å². The average molecular weight is 403 g/mol. The molecule has 0 bridgehead atoms. The number of carboxylic acids is 1. The Kier molecular flexibility index (Phi) is 6.74. The number of carbonyl (C=O) groups excluding carboxylic acids is 2. The van der Waals surface area contributed by atoms with Gasteiger partial charge in [-0.3, -0.25) is 9.59 Å². The van der Waals surface area contributed by atoms with E-state index >= 15 is 0 Å². The first-order valence-corrected chi connectivity index (χ1v) is 10.2. The van der Waals surface area contributed by atoms with E-state index < -0.39 is 18.1 Å². The second-order valence-electron chi connectivity index (χ2n) is 7.87. The molecule has 0 saturated carbocycles. The lowest BCUT2D eigenvalue weighted by Crippen LogP contribution is -2.53. The van der Waals surface area contributed by atoms with Gasteiger partial charge in [0.2, 0.25) is 5.91 Å². The topological polar surface area (TPSA) is 99.2 Å².